The molecule has 3 amide bonds. The van der Waals surface area contributed by atoms with E-state index in [-0.39, 0.29) is 56.4 Å². The fourth-order valence-electron chi connectivity index (χ4n) is 9.85. The number of nitrogens with zero attached hydrogens (tertiary/aromatic N) is 5. The van der Waals surface area contributed by atoms with Crippen LogP contribution in [0.15, 0.2) is 84.6 Å². The van der Waals surface area contributed by atoms with Gasteiger partial charge in [0.25, 0.3) is 0 Å². The smallest absolute Gasteiger partial charge is 0.301 e. The molecular weight excluding hydrogens is 996 g/mol. The number of fused-ring (bicyclic) bond motifs is 1. The molecule has 3 aliphatic heterocycles. The fraction of sp³-hybridized carbons (Fsp3) is 0.396. The molecule has 6 aromatic rings. The Balaban J connectivity index is 0.756. The van der Waals surface area contributed by atoms with Crippen molar-refractivity contribution in [2.75, 3.05) is 44.0 Å². The monoisotopic (exact) mass is 1050 g/mol. The number of pyridine rings is 1. The van der Waals surface area contributed by atoms with E-state index in [1.165, 1.54) is 11.1 Å². The van der Waals surface area contributed by atoms with Gasteiger partial charge in [-0.25, -0.2) is 23.1 Å². The van der Waals surface area contributed by atoms with E-state index in [1.807, 2.05) is 85.8 Å². The number of halogens is 3. The molecule has 4 atom stereocenters. The number of hydrogen-bond donors (Lipinski definition) is 5. The van der Waals surface area contributed by atoms with Crippen molar-refractivity contribution in [1.82, 2.24) is 39.7 Å². The quantitative estimate of drug-likeness (QED) is 0.0623. The minimum Gasteiger partial charge on any atom is -0.391 e. The largest absolute Gasteiger partial charge is 0.391 e. The number of nitrogens with one attached hydrogen (secondary N) is 4. The molecule has 0 aliphatic carbocycles. The Hall–Kier alpha value is -6.52. The number of benzene rings is 3. The van der Waals surface area contributed by atoms with Gasteiger partial charge < -0.3 is 25.6 Å². The third kappa shape index (κ3) is 11.4. The van der Waals surface area contributed by atoms with E-state index in [2.05, 4.69) is 25.6 Å². The first-order valence-corrected chi connectivity index (χ1v) is 26.8. The third-order valence-corrected chi connectivity index (χ3v) is 16.5. The van der Waals surface area contributed by atoms with Crippen LogP contribution < -0.4 is 15.4 Å². The molecule has 0 radical (unpaired) electrons. The Morgan fingerprint density at radius 3 is 2.32 bits per heavy atom. The standard InChI is InChI=1S/C53H58F3N9O7S2/c1-30-48(73-29-60-30)35-13-9-32(10-14-35)21-59-51(69)43-20-38(66)27-65(43)52(70)49(53(2,3)4)61-44(67)28-63-24-33(25-63)6-5-31-7-11-34(12-8-31)36-19-39-40(23-58-50(39)57-22-36)47(68)45-41(55)15-16-42(46(45)56)62-74(71,72)64-18-17-37(54)26-64/h7-16,19,22-23,29,33,37-38,43,49,62,66H,5-6,17-18,20-21,24-28H2,1-4H3,(H,57,58)(H,59,69)(H,61,67)/t37-,38-,43+,49-/m1/s1. The molecule has 3 fully saturated rings. The molecule has 6 heterocycles. The van der Waals surface area contributed by atoms with Crippen LogP contribution in [0.4, 0.5) is 18.9 Å². The van der Waals surface area contributed by atoms with Gasteiger partial charge in [0.1, 0.15) is 29.7 Å². The topological polar surface area (TPSA) is 210 Å². The summed E-state index contributed by atoms with van der Waals surface area (Å²) in [6, 6.07) is 17.2. The highest BCUT2D eigenvalue weighted by Crippen LogP contribution is 2.33. The highest BCUT2D eigenvalue weighted by Gasteiger charge is 2.45. The van der Waals surface area contributed by atoms with Crippen LogP contribution in [0.5, 0.6) is 0 Å². The second-order valence-corrected chi connectivity index (χ2v) is 23.1. The van der Waals surface area contributed by atoms with Crippen molar-refractivity contribution in [3.05, 3.63) is 124 Å². The van der Waals surface area contributed by atoms with E-state index < -0.39 is 81.1 Å². The molecule has 3 aromatic heterocycles. The fourth-order valence-corrected chi connectivity index (χ4v) is 11.9. The van der Waals surface area contributed by atoms with Crippen molar-refractivity contribution >= 4 is 61.8 Å². The van der Waals surface area contributed by atoms with Gasteiger partial charge in [-0.05, 0) is 78.0 Å². The minimum absolute atomic E-state index is 0.0108. The Bertz CT molecular complexity index is 3190. The maximum Gasteiger partial charge on any atom is 0.301 e. The number of aliphatic hydroxyl groups is 1. The Morgan fingerprint density at radius 1 is 0.932 bits per heavy atom. The van der Waals surface area contributed by atoms with Gasteiger partial charge in [0.2, 0.25) is 23.5 Å². The molecule has 74 heavy (non-hydrogen) atoms. The summed E-state index contributed by atoms with van der Waals surface area (Å²) < 4.78 is 73.2. The zero-order valence-electron chi connectivity index (χ0n) is 41.3. The zero-order chi connectivity index (χ0) is 52.6. The summed E-state index contributed by atoms with van der Waals surface area (Å²) in [5, 5.41) is 16.8. The van der Waals surface area contributed by atoms with Crippen LogP contribution in [0.3, 0.4) is 0 Å². The number of likely N-dealkylation sites (tertiary alicyclic amines) is 2. The van der Waals surface area contributed by atoms with Gasteiger partial charge in [0, 0.05) is 74.6 Å². The summed E-state index contributed by atoms with van der Waals surface area (Å²) in [5.41, 5.74) is 5.09. The second kappa shape index (κ2) is 21.4. The highest BCUT2D eigenvalue weighted by atomic mass is 32.2. The average Bonchev–Trinajstić information content (AvgIpc) is 4.18. The predicted octanol–water partition coefficient (Wildman–Crippen LogP) is 6.55. The van der Waals surface area contributed by atoms with E-state index in [1.54, 1.807) is 29.1 Å². The summed E-state index contributed by atoms with van der Waals surface area (Å²) in [6.07, 6.45) is 2.38. The number of β-amino-alcohol motifs (C(OH)–C–C–N with tert-alkyl or cyclic N) is 1. The number of rotatable bonds is 17. The number of hydrogen-bond acceptors (Lipinski definition) is 11. The van der Waals surface area contributed by atoms with Crippen LogP contribution in [0.1, 0.15) is 72.8 Å². The van der Waals surface area contributed by atoms with E-state index >= 15 is 8.78 Å². The number of anilines is 1. The normalized spacial score (nSPS) is 19.1. The molecule has 16 nitrogen and oxygen atoms in total. The molecule has 3 aromatic carbocycles. The maximum absolute atomic E-state index is 15.8. The number of aromatic nitrogens is 3. The van der Waals surface area contributed by atoms with Gasteiger partial charge in [-0.2, -0.15) is 12.7 Å². The van der Waals surface area contributed by atoms with Gasteiger partial charge >= 0.3 is 10.2 Å². The lowest BCUT2D eigenvalue weighted by atomic mass is 9.85. The number of carbonyl (C=O) groups is 4. The number of alkyl halides is 1. The molecule has 0 unspecified atom stereocenters. The molecule has 9 rings (SSSR count). The van der Waals surface area contributed by atoms with Gasteiger partial charge in [-0.15, -0.1) is 11.3 Å². The number of aryl methyl sites for hydroxylation is 2. The number of ketones is 1. The molecule has 5 N–H and O–H groups in total. The molecule has 3 aliphatic rings. The van der Waals surface area contributed by atoms with Crippen LogP contribution in [-0.4, -0.2) is 130 Å². The van der Waals surface area contributed by atoms with Crippen molar-refractivity contribution in [2.45, 2.75) is 84.3 Å². The molecule has 390 valence electrons. The molecule has 0 spiro atoms. The zero-order valence-corrected chi connectivity index (χ0v) is 43.0. The number of thiazole rings is 1. The number of aliphatic hydroxyl groups excluding tert-OH is 1. The third-order valence-electron chi connectivity index (χ3n) is 14.0. The van der Waals surface area contributed by atoms with E-state index in [0.717, 1.165) is 62.1 Å². The predicted molar refractivity (Wildman–Crippen MR) is 275 cm³/mol. The second-order valence-electron chi connectivity index (χ2n) is 20.5. The van der Waals surface area contributed by atoms with E-state index in [9.17, 15) is 37.1 Å². The highest BCUT2D eigenvalue weighted by molar-refractivity contribution is 7.90. The van der Waals surface area contributed by atoms with Crippen molar-refractivity contribution < 1.29 is 45.9 Å². The first-order chi connectivity index (χ1) is 35.2. The lowest BCUT2D eigenvalue weighted by Crippen LogP contribution is -2.59. The van der Waals surface area contributed by atoms with Crippen molar-refractivity contribution in [3.63, 3.8) is 0 Å². The number of amides is 3. The van der Waals surface area contributed by atoms with Gasteiger partial charge in [-0.3, -0.25) is 28.8 Å². The van der Waals surface area contributed by atoms with E-state index in [0.29, 0.717) is 35.6 Å². The molecule has 3 saturated heterocycles. The lowest BCUT2D eigenvalue weighted by Gasteiger charge is -2.40. The Morgan fingerprint density at radius 2 is 1.65 bits per heavy atom. The van der Waals surface area contributed by atoms with Crippen LogP contribution in [0.25, 0.3) is 32.6 Å². The molecule has 0 bridgehead atoms. The summed E-state index contributed by atoms with van der Waals surface area (Å²) in [6.45, 7) is 8.73. The van der Waals surface area contributed by atoms with Crippen molar-refractivity contribution in [1.29, 1.82) is 0 Å². The van der Waals surface area contributed by atoms with E-state index in [4.69, 9.17) is 0 Å². The van der Waals surface area contributed by atoms with Crippen LogP contribution in [-0.2, 0) is 37.6 Å². The Labute approximate surface area is 430 Å². The number of carbonyl (C=O) groups excluding carboxylic acids is 4. The van der Waals surface area contributed by atoms with Crippen LogP contribution in [0.2, 0.25) is 0 Å². The van der Waals surface area contributed by atoms with Gasteiger partial charge in [-0.1, -0.05) is 69.3 Å². The molecule has 0 saturated carbocycles. The summed E-state index contributed by atoms with van der Waals surface area (Å²) in [5.74, 6) is -4.38. The van der Waals surface area contributed by atoms with Crippen LogP contribution >= 0.6 is 11.3 Å². The van der Waals surface area contributed by atoms with Gasteiger partial charge in [0.05, 0.1) is 40.0 Å². The van der Waals surface area contributed by atoms with Crippen LogP contribution in [0, 0.1) is 29.9 Å². The Kier molecular flexibility index (Phi) is 15.1. The van der Waals surface area contributed by atoms with Gasteiger partial charge in [0.15, 0.2) is 5.82 Å². The molecular formula is C53H58F3N9O7S2. The number of H-pyrrole nitrogens is 1. The minimum atomic E-state index is -4.38. The van der Waals surface area contributed by atoms with Crippen molar-refractivity contribution in [3.8, 4) is 21.6 Å². The summed E-state index contributed by atoms with van der Waals surface area (Å²) in [4.78, 5) is 71.0. The average molecular weight is 1050 g/mol. The lowest BCUT2D eigenvalue weighted by molar-refractivity contribution is -0.144. The maximum atomic E-state index is 15.8. The first kappa shape index (κ1) is 52.3. The first-order valence-electron chi connectivity index (χ1n) is 24.5. The van der Waals surface area contributed by atoms with Crippen molar-refractivity contribution in [2.24, 2.45) is 11.3 Å². The number of aromatic amines is 1. The molecule has 21 heteroatoms. The summed E-state index contributed by atoms with van der Waals surface area (Å²) in [7, 11) is -4.38. The SMILES string of the molecule is Cc1ncsc1-c1ccc(CNC(=O)[C@@H]2C[C@@H](O)CN2C(=O)[C@@H](NC(=O)CN2CC(CCc3ccc(-c4cnc5[nH]cc(C(=O)c6c(F)ccc(NS(=O)(=O)N7CC[C@@H](F)C7)c6F)c5c4)cc3)C2)C(C)(C)C)cc1. The summed E-state index contributed by atoms with van der Waals surface area (Å²) >= 11 is 1.56.